The molecule has 0 aromatic carbocycles. The molecule has 0 aliphatic heterocycles. The number of alkyl halides is 3. The lowest BCUT2D eigenvalue weighted by molar-refractivity contribution is -0.144. The minimum Gasteiger partial charge on any atom is -0.392 e. The van der Waals surface area contributed by atoms with Gasteiger partial charge in [0.05, 0.1) is 6.10 Å². The zero-order chi connectivity index (χ0) is 14.4. The van der Waals surface area contributed by atoms with Crippen LogP contribution in [0, 0.1) is 5.41 Å². The Morgan fingerprint density at radius 3 is 2.53 bits per heavy atom. The number of aliphatic hydroxyl groups excluding tert-OH is 1. The van der Waals surface area contributed by atoms with Gasteiger partial charge in [-0.2, -0.15) is 13.2 Å². The fourth-order valence-electron chi connectivity index (χ4n) is 1.99. The molecule has 2 rings (SSSR count). The van der Waals surface area contributed by atoms with Crippen LogP contribution in [0.25, 0.3) is 0 Å². The molecule has 1 aromatic rings. The Bertz CT molecular complexity index is 489. The standard InChI is InChI=1S/C11H15F3N4O/c1-10(2)5(3-6(10)19)16-8-4-7(15)17-9(18-8)11(12,13)14/h4-6,19H,3H2,1-2H3,(H3,15,16,17,18). The number of anilines is 2. The Kier molecular flexibility index (Phi) is 3.08. The second-order valence-electron chi connectivity index (χ2n) is 5.27. The van der Waals surface area contributed by atoms with Gasteiger partial charge in [-0.3, -0.25) is 0 Å². The minimum atomic E-state index is -4.64. The van der Waals surface area contributed by atoms with E-state index in [9.17, 15) is 18.3 Å². The Labute approximate surface area is 108 Å². The molecule has 2 unspecified atom stereocenters. The highest BCUT2D eigenvalue weighted by molar-refractivity contribution is 5.46. The van der Waals surface area contributed by atoms with Gasteiger partial charge in [0.15, 0.2) is 0 Å². The summed E-state index contributed by atoms with van der Waals surface area (Å²) in [6, 6.07) is 1.09. The lowest BCUT2D eigenvalue weighted by atomic mass is 9.64. The van der Waals surface area contributed by atoms with Crippen molar-refractivity contribution in [1.82, 2.24) is 9.97 Å². The second-order valence-corrected chi connectivity index (χ2v) is 5.27. The van der Waals surface area contributed by atoms with E-state index in [1.807, 2.05) is 13.8 Å². The summed E-state index contributed by atoms with van der Waals surface area (Å²) in [6.07, 6.45) is -4.66. The third-order valence-electron chi connectivity index (χ3n) is 3.54. The van der Waals surface area contributed by atoms with E-state index in [1.165, 1.54) is 6.07 Å². The van der Waals surface area contributed by atoms with E-state index in [2.05, 4.69) is 15.3 Å². The van der Waals surface area contributed by atoms with Gasteiger partial charge in [0.1, 0.15) is 11.6 Å². The highest BCUT2D eigenvalue weighted by atomic mass is 19.4. The summed E-state index contributed by atoms with van der Waals surface area (Å²) in [5.41, 5.74) is 4.93. The third kappa shape index (κ3) is 2.58. The topological polar surface area (TPSA) is 84.1 Å². The summed E-state index contributed by atoms with van der Waals surface area (Å²) in [5, 5.41) is 12.4. The number of hydrogen-bond donors (Lipinski definition) is 3. The highest BCUT2D eigenvalue weighted by Gasteiger charge is 2.47. The van der Waals surface area contributed by atoms with Crippen LogP contribution >= 0.6 is 0 Å². The van der Waals surface area contributed by atoms with Crippen molar-refractivity contribution in [2.75, 3.05) is 11.1 Å². The lowest BCUT2D eigenvalue weighted by Gasteiger charge is -2.49. The maximum absolute atomic E-state index is 12.5. The van der Waals surface area contributed by atoms with Crippen LogP contribution in [-0.4, -0.2) is 27.2 Å². The van der Waals surface area contributed by atoms with Crippen LogP contribution in [0.2, 0.25) is 0 Å². The monoisotopic (exact) mass is 276 g/mol. The largest absolute Gasteiger partial charge is 0.451 e. The Morgan fingerprint density at radius 1 is 1.42 bits per heavy atom. The molecule has 1 saturated carbocycles. The normalized spacial score (nSPS) is 25.8. The number of halogens is 3. The molecule has 1 aliphatic carbocycles. The zero-order valence-electron chi connectivity index (χ0n) is 10.5. The van der Waals surface area contributed by atoms with Crippen molar-refractivity contribution in [3.8, 4) is 0 Å². The van der Waals surface area contributed by atoms with Crippen LogP contribution in [0.15, 0.2) is 6.07 Å². The maximum Gasteiger partial charge on any atom is 0.451 e. The van der Waals surface area contributed by atoms with Crippen molar-refractivity contribution in [3.63, 3.8) is 0 Å². The van der Waals surface area contributed by atoms with E-state index < -0.39 is 23.5 Å². The van der Waals surface area contributed by atoms with Gasteiger partial charge in [0.25, 0.3) is 0 Å². The van der Waals surface area contributed by atoms with Crippen molar-refractivity contribution in [2.45, 2.75) is 38.6 Å². The van der Waals surface area contributed by atoms with Gasteiger partial charge in [-0.1, -0.05) is 13.8 Å². The number of nitrogens with two attached hydrogens (primary N) is 1. The number of aliphatic hydroxyl groups is 1. The number of nitrogen functional groups attached to an aromatic ring is 1. The molecule has 1 aromatic heterocycles. The van der Waals surface area contributed by atoms with E-state index in [1.54, 1.807) is 0 Å². The first-order valence-corrected chi connectivity index (χ1v) is 5.77. The molecule has 4 N–H and O–H groups in total. The molecule has 0 saturated heterocycles. The molecule has 1 heterocycles. The Hall–Kier alpha value is -1.57. The molecule has 1 fully saturated rings. The first kappa shape index (κ1) is 13.9. The van der Waals surface area contributed by atoms with Crippen molar-refractivity contribution in [2.24, 2.45) is 5.41 Å². The lowest BCUT2D eigenvalue weighted by Crippen LogP contribution is -2.57. The SMILES string of the molecule is CC1(C)C(O)CC1Nc1cc(N)nc(C(F)(F)F)n1. The average molecular weight is 276 g/mol. The molecule has 106 valence electrons. The summed E-state index contributed by atoms with van der Waals surface area (Å²) in [5.74, 6) is -1.50. The van der Waals surface area contributed by atoms with Gasteiger partial charge in [0.2, 0.25) is 5.82 Å². The van der Waals surface area contributed by atoms with Crippen LogP contribution < -0.4 is 11.1 Å². The van der Waals surface area contributed by atoms with Crippen LogP contribution in [0.1, 0.15) is 26.1 Å². The molecule has 0 amide bonds. The molecule has 1 aliphatic rings. The van der Waals surface area contributed by atoms with Gasteiger partial charge in [0, 0.05) is 17.5 Å². The molecule has 0 bridgehead atoms. The van der Waals surface area contributed by atoms with Gasteiger partial charge in [-0.15, -0.1) is 0 Å². The van der Waals surface area contributed by atoms with E-state index in [0.717, 1.165) is 0 Å². The Balaban J connectivity index is 2.20. The van der Waals surface area contributed by atoms with Gasteiger partial charge < -0.3 is 16.2 Å². The van der Waals surface area contributed by atoms with Gasteiger partial charge >= 0.3 is 6.18 Å². The van der Waals surface area contributed by atoms with Crippen LogP contribution in [0.5, 0.6) is 0 Å². The zero-order valence-corrected chi connectivity index (χ0v) is 10.5. The second kappa shape index (κ2) is 4.22. The van der Waals surface area contributed by atoms with Crippen LogP contribution in [0.3, 0.4) is 0 Å². The van der Waals surface area contributed by atoms with E-state index >= 15 is 0 Å². The first-order chi connectivity index (χ1) is 8.60. The van der Waals surface area contributed by atoms with E-state index in [-0.39, 0.29) is 17.7 Å². The number of aromatic nitrogens is 2. The van der Waals surface area contributed by atoms with Crippen molar-refractivity contribution in [3.05, 3.63) is 11.9 Å². The number of nitrogens with one attached hydrogen (secondary N) is 1. The van der Waals surface area contributed by atoms with Gasteiger partial charge in [-0.25, -0.2) is 9.97 Å². The van der Waals surface area contributed by atoms with E-state index in [4.69, 9.17) is 5.73 Å². The fourth-order valence-corrected chi connectivity index (χ4v) is 1.99. The van der Waals surface area contributed by atoms with E-state index in [0.29, 0.717) is 6.42 Å². The number of nitrogens with zero attached hydrogens (tertiary/aromatic N) is 2. The van der Waals surface area contributed by atoms with Gasteiger partial charge in [-0.05, 0) is 6.42 Å². The van der Waals surface area contributed by atoms with Crippen LogP contribution in [-0.2, 0) is 6.18 Å². The quantitative estimate of drug-likeness (QED) is 0.765. The molecule has 0 radical (unpaired) electrons. The maximum atomic E-state index is 12.5. The van der Waals surface area contributed by atoms with Crippen molar-refractivity contribution in [1.29, 1.82) is 0 Å². The molecule has 5 nitrogen and oxygen atoms in total. The summed E-state index contributed by atoms with van der Waals surface area (Å²) in [6.45, 7) is 3.65. The molecular weight excluding hydrogens is 261 g/mol. The predicted octanol–water partition coefficient (Wildman–Crippen LogP) is 1.65. The minimum absolute atomic E-state index is 0.0183. The fraction of sp³-hybridized carbons (Fsp3) is 0.636. The summed E-state index contributed by atoms with van der Waals surface area (Å²) in [4.78, 5) is 6.57. The summed E-state index contributed by atoms with van der Waals surface area (Å²) < 4.78 is 37.6. The third-order valence-corrected chi connectivity index (χ3v) is 3.54. The number of rotatable bonds is 2. The highest BCUT2D eigenvalue weighted by Crippen LogP contribution is 2.42. The molecule has 2 atom stereocenters. The average Bonchev–Trinajstić information content (AvgIpc) is 2.27. The molecule has 8 heteroatoms. The summed E-state index contributed by atoms with van der Waals surface area (Å²) in [7, 11) is 0. The van der Waals surface area contributed by atoms with Crippen molar-refractivity contribution < 1.29 is 18.3 Å². The smallest absolute Gasteiger partial charge is 0.392 e. The Morgan fingerprint density at radius 2 is 2.05 bits per heavy atom. The predicted molar refractivity (Wildman–Crippen MR) is 63.3 cm³/mol. The first-order valence-electron chi connectivity index (χ1n) is 5.77. The van der Waals surface area contributed by atoms with Crippen LogP contribution in [0.4, 0.5) is 24.8 Å². The molecular formula is C11H15F3N4O. The molecule has 0 spiro atoms. The summed E-state index contributed by atoms with van der Waals surface area (Å²) >= 11 is 0. The molecule has 19 heavy (non-hydrogen) atoms. The van der Waals surface area contributed by atoms with Crippen molar-refractivity contribution >= 4 is 11.6 Å². The number of hydrogen-bond acceptors (Lipinski definition) is 5.